The SMILES string of the molecule is NC(=O)CC[C@H](NC(=O)[C@H](CO)NC(CCc1ccccc1)C(=O)O)C(=O)N1CCC[C@H]1C(=O)O. The van der Waals surface area contributed by atoms with Gasteiger partial charge in [-0.2, -0.15) is 0 Å². The summed E-state index contributed by atoms with van der Waals surface area (Å²) in [5, 5.41) is 33.7. The molecule has 2 rings (SSSR count). The summed E-state index contributed by atoms with van der Waals surface area (Å²) in [6.45, 7) is -0.569. The predicted molar refractivity (Wildman–Crippen MR) is 123 cm³/mol. The first-order valence-electron chi connectivity index (χ1n) is 11.4. The zero-order valence-electron chi connectivity index (χ0n) is 19.3. The fourth-order valence-corrected chi connectivity index (χ4v) is 3.99. The van der Waals surface area contributed by atoms with Crippen LogP contribution in [0.15, 0.2) is 30.3 Å². The van der Waals surface area contributed by atoms with Gasteiger partial charge in [0.05, 0.1) is 6.61 Å². The normalized spacial score (nSPS) is 17.9. The molecule has 7 N–H and O–H groups in total. The number of carbonyl (C=O) groups is 5. The van der Waals surface area contributed by atoms with Crippen LogP contribution in [-0.4, -0.2) is 87.2 Å². The zero-order valence-corrected chi connectivity index (χ0v) is 19.3. The number of amides is 3. The van der Waals surface area contributed by atoms with Crippen molar-refractivity contribution in [3.05, 3.63) is 35.9 Å². The van der Waals surface area contributed by atoms with Crippen molar-refractivity contribution in [2.75, 3.05) is 13.2 Å². The lowest BCUT2D eigenvalue weighted by atomic mass is 10.0. The van der Waals surface area contributed by atoms with E-state index in [4.69, 9.17) is 5.73 Å². The van der Waals surface area contributed by atoms with E-state index >= 15 is 0 Å². The van der Waals surface area contributed by atoms with Crippen LogP contribution in [0.2, 0.25) is 0 Å². The van der Waals surface area contributed by atoms with Gasteiger partial charge in [0.15, 0.2) is 0 Å². The maximum absolute atomic E-state index is 13.0. The van der Waals surface area contributed by atoms with Crippen molar-refractivity contribution < 1.29 is 39.3 Å². The van der Waals surface area contributed by atoms with Gasteiger partial charge in [-0.15, -0.1) is 0 Å². The summed E-state index contributed by atoms with van der Waals surface area (Å²) in [4.78, 5) is 61.5. The summed E-state index contributed by atoms with van der Waals surface area (Å²) in [6, 6.07) is 4.33. The minimum absolute atomic E-state index is 0.140. The molecule has 192 valence electrons. The van der Waals surface area contributed by atoms with E-state index in [2.05, 4.69) is 10.6 Å². The summed E-state index contributed by atoms with van der Waals surface area (Å²) < 4.78 is 0. The highest BCUT2D eigenvalue weighted by molar-refractivity contribution is 5.92. The molecule has 1 aromatic rings. The van der Waals surface area contributed by atoms with E-state index in [0.29, 0.717) is 12.8 Å². The third kappa shape index (κ3) is 8.34. The van der Waals surface area contributed by atoms with E-state index in [1.807, 2.05) is 30.3 Å². The van der Waals surface area contributed by atoms with Crippen molar-refractivity contribution in [1.29, 1.82) is 0 Å². The number of nitrogens with zero attached hydrogens (tertiary/aromatic N) is 1. The van der Waals surface area contributed by atoms with Crippen LogP contribution in [0, 0.1) is 0 Å². The Hall–Kier alpha value is -3.51. The molecule has 0 spiro atoms. The molecular weight excluding hydrogens is 460 g/mol. The number of aryl methyl sites for hydroxylation is 1. The van der Waals surface area contributed by atoms with Crippen LogP contribution >= 0.6 is 0 Å². The first kappa shape index (κ1) is 27.7. The van der Waals surface area contributed by atoms with Crippen molar-refractivity contribution in [3.63, 3.8) is 0 Å². The number of benzene rings is 1. The molecule has 3 amide bonds. The molecule has 12 heteroatoms. The van der Waals surface area contributed by atoms with E-state index in [-0.39, 0.29) is 32.2 Å². The average Bonchev–Trinajstić information content (AvgIpc) is 3.32. The largest absolute Gasteiger partial charge is 0.480 e. The Labute approximate surface area is 202 Å². The van der Waals surface area contributed by atoms with Gasteiger partial charge in [-0.05, 0) is 37.7 Å². The first-order chi connectivity index (χ1) is 16.6. The number of carboxylic acids is 2. The molecule has 1 saturated heterocycles. The van der Waals surface area contributed by atoms with E-state index in [1.54, 1.807) is 0 Å². The minimum Gasteiger partial charge on any atom is -0.480 e. The minimum atomic E-state index is -1.36. The number of carbonyl (C=O) groups excluding carboxylic acids is 3. The number of hydrogen-bond donors (Lipinski definition) is 6. The molecule has 0 aliphatic carbocycles. The maximum Gasteiger partial charge on any atom is 0.326 e. The van der Waals surface area contributed by atoms with E-state index in [9.17, 15) is 39.3 Å². The molecule has 4 atom stereocenters. The molecule has 0 radical (unpaired) electrons. The Morgan fingerprint density at radius 2 is 1.71 bits per heavy atom. The lowest BCUT2D eigenvalue weighted by Gasteiger charge is -2.29. The number of nitrogens with one attached hydrogen (secondary N) is 2. The van der Waals surface area contributed by atoms with Crippen molar-refractivity contribution in [2.24, 2.45) is 5.73 Å². The summed E-state index contributed by atoms with van der Waals surface area (Å²) >= 11 is 0. The van der Waals surface area contributed by atoms with Crippen molar-refractivity contribution in [2.45, 2.75) is 62.7 Å². The molecule has 1 aromatic carbocycles. The lowest BCUT2D eigenvalue weighted by Crippen LogP contribution is -2.58. The third-order valence-corrected chi connectivity index (χ3v) is 5.88. The van der Waals surface area contributed by atoms with Crippen LogP contribution in [0.1, 0.15) is 37.7 Å². The molecule has 1 aliphatic heterocycles. The second-order valence-electron chi connectivity index (χ2n) is 8.41. The Balaban J connectivity index is 2.09. The molecule has 1 heterocycles. The van der Waals surface area contributed by atoms with Crippen LogP contribution in [0.25, 0.3) is 0 Å². The van der Waals surface area contributed by atoms with Gasteiger partial charge in [0, 0.05) is 13.0 Å². The topological polar surface area (TPSA) is 199 Å². The fraction of sp³-hybridized carbons (Fsp3) is 0.522. The van der Waals surface area contributed by atoms with Gasteiger partial charge in [-0.1, -0.05) is 30.3 Å². The third-order valence-electron chi connectivity index (χ3n) is 5.88. The van der Waals surface area contributed by atoms with E-state index < -0.39 is 60.4 Å². The molecule has 1 unspecified atom stereocenters. The number of hydrogen-bond acceptors (Lipinski definition) is 7. The number of nitrogens with two attached hydrogens (primary N) is 1. The fourth-order valence-electron chi connectivity index (χ4n) is 3.99. The first-order valence-corrected chi connectivity index (χ1v) is 11.4. The van der Waals surface area contributed by atoms with Gasteiger partial charge in [-0.25, -0.2) is 4.79 Å². The number of carboxylic acid groups (broad SMARTS) is 2. The quantitative estimate of drug-likeness (QED) is 0.185. The molecule has 0 saturated carbocycles. The Bertz CT molecular complexity index is 910. The molecule has 12 nitrogen and oxygen atoms in total. The van der Waals surface area contributed by atoms with Crippen LogP contribution < -0.4 is 16.4 Å². The number of likely N-dealkylation sites (tertiary alicyclic amines) is 1. The van der Waals surface area contributed by atoms with Crippen LogP contribution in [0.3, 0.4) is 0 Å². The van der Waals surface area contributed by atoms with Gasteiger partial charge >= 0.3 is 11.9 Å². The zero-order chi connectivity index (χ0) is 26.0. The summed E-state index contributed by atoms with van der Waals surface area (Å²) in [6.07, 6.45) is 0.879. The highest BCUT2D eigenvalue weighted by atomic mass is 16.4. The number of aliphatic hydroxyl groups is 1. The van der Waals surface area contributed by atoms with Crippen LogP contribution in [0.4, 0.5) is 0 Å². The standard InChI is InChI=1S/C23H32N4O8/c24-19(29)11-10-15(21(31)27-12-4-7-18(27)23(34)35)26-20(30)17(13-28)25-16(22(32)33)9-8-14-5-2-1-3-6-14/h1-3,5-6,15-18,25,28H,4,7-13H2,(H2,24,29)(H,26,30)(H,32,33)(H,34,35)/t15-,16?,17-,18-/m0/s1. The second kappa shape index (κ2) is 13.4. The van der Waals surface area contributed by atoms with Crippen molar-refractivity contribution in [1.82, 2.24) is 15.5 Å². The van der Waals surface area contributed by atoms with Crippen LogP contribution in [-0.2, 0) is 30.4 Å². The monoisotopic (exact) mass is 492 g/mol. The van der Waals surface area contributed by atoms with E-state index in [0.717, 1.165) is 10.5 Å². The average molecular weight is 493 g/mol. The summed E-state index contributed by atoms with van der Waals surface area (Å²) in [7, 11) is 0. The number of rotatable bonds is 14. The highest BCUT2D eigenvalue weighted by Gasteiger charge is 2.38. The number of primary amides is 1. The van der Waals surface area contributed by atoms with Gasteiger partial charge < -0.3 is 31.3 Å². The molecule has 1 fully saturated rings. The highest BCUT2D eigenvalue weighted by Crippen LogP contribution is 2.19. The molecular formula is C23H32N4O8. The van der Waals surface area contributed by atoms with Crippen LogP contribution in [0.5, 0.6) is 0 Å². The van der Waals surface area contributed by atoms with Gasteiger partial charge in [-0.3, -0.25) is 24.5 Å². The van der Waals surface area contributed by atoms with Crippen molar-refractivity contribution >= 4 is 29.7 Å². The Morgan fingerprint density at radius 3 is 2.29 bits per heavy atom. The molecule has 35 heavy (non-hydrogen) atoms. The lowest BCUT2D eigenvalue weighted by molar-refractivity contribution is -0.149. The van der Waals surface area contributed by atoms with Gasteiger partial charge in [0.2, 0.25) is 17.7 Å². The maximum atomic E-state index is 13.0. The van der Waals surface area contributed by atoms with E-state index in [1.165, 1.54) is 0 Å². The van der Waals surface area contributed by atoms with Gasteiger partial charge in [0.1, 0.15) is 24.2 Å². The number of aliphatic carboxylic acids is 2. The predicted octanol–water partition coefficient (Wildman–Crippen LogP) is -1.15. The Morgan fingerprint density at radius 1 is 1.03 bits per heavy atom. The molecule has 0 bridgehead atoms. The Kier molecular flexibility index (Phi) is 10.6. The van der Waals surface area contributed by atoms with Crippen molar-refractivity contribution in [3.8, 4) is 0 Å². The summed E-state index contributed by atoms with van der Waals surface area (Å²) in [5.74, 6) is -4.63. The van der Waals surface area contributed by atoms with Gasteiger partial charge in [0.25, 0.3) is 0 Å². The molecule has 0 aromatic heterocycles. The smallest absolute Gasteiger partial charge is 0.326 e. The molecule has 1 aliphatic rings. The second-order valence-corrected chi connectivity index (χ2v) is 8.41. The number of aliphatic hydroxyl groups excluding tert-OH is 1. The summed E-state index contributed by atoms with van der Waals surface area (Å²) in [5.41, 5.74) is 6.08.